The fraction of sp³-hybridized carbons (Fsp3) is 0.417. The predicted octanol–water partition coefficient (Wildman–Crippen LogP) is 4.40. The minimum absolute atomic E-state index is 0.250. The normalized spacial score (nSPS) is 21.2. The van der Waals surface area contributed by atoms with E-state index >= 15 is 0 Å². The third-order valence-corrected chi connectivity index (χ3v) is 8.09. The van der Waals surface area contributed by atoms with Gasteiger partial charge in [-0.1, -0.05) is 39.8 Å². The van der Waals surface area contributed by atoms with Gasteiger partial charge in [-0.2, -0.15) is 0 Å². The number of piperidine rings is 1. The van der Waals surface area contributed by atoms with E-state index < -0.39 is 0 Å². The Morgan fingerprint density at radius 1 is 1.27 bits per heavy atom. The lowest BCUT2D eigenvalue weighted by Gasteiger charge is -2.21. The number of hydrogen-bond acceptors (Lipinski definition) is 6. The fourth-order valence-electron chi connectivity index (χ4n) is 4.81. The molecular weight excluding hydrogens is 502 g/mol. The number of halogens is 1. The first-order chi connectivity index (χ1) is 16.0. The van der Waals surface area contributed by atoms with E-state index in [0.717, 1.165) is 44.8 Å². The summed E-state index contributed by atoms with van der Waals surface area (Å²) < 4.78 is 3.24. The lowest BCUT2D eigenvalue weighted by Crippen LogP contribution is -2.27. The summed E-state index contributed by atoms with van der Waals surface area (Å²) in [7, 11) is 2.04. The molecule has 7 nitrogen and oxygen atoms in total. The van der Waals surface area contributed by atoms with Gasteiger partial charge in [0, 0.05) is 53.7 Å². The van der Waals surface area contributed by atoms with Gasteiger partial charge in [-0.25, -0.2) is 0 Å². The zero-order valence-corrected chi connectivity index (χ0v) is 21.2. The highest BCUT2D eigenvalue weighted by molar-refractivity contribution is 9.10. The van der Waals surface area contributed by atoms with Gasteiger partial charge in [-0.05, 0) is 61.6 Å². The molecule has 5 rings (SSSR count). The van der Waals surface area contributed by atoms with E-state index in [0.29, 0.717) is 5.41 Å². The Hall–Kier alpha value is -2.23. The van der Waals surface area contributed by atoms with Crippen molar-refractivity contribution in [3.05, 3.63) is 58.3 Å². The summed E-state index contributed by atoms with van der Waals surface area (Å²) in [5.74, 6) is 2.78. The van der Waals surface area contributed by atoms with Gasteiger partial charge in [-0.3, -0.25) is 9.78 Å². The first kappa shape index (κ1) is 23.9. The highest BCUT2D eigenvalue weighted by Crippen LogP contribution is 2.59. The maximum Gasteiger partial charge on any atom is 0.290 e. The molecule has 0 amide bonds. The van der Waals surface area contributed by atoms with Crippen molar-refractivity contribution in [3.8, 4) is 11.4 Å². The van der Waals surface area contributed by atoms with Crippen LogP contribution in [0.2, 0.25) is 0 Å². The molecule has 3 heterocycles. The minimum Gasteiger partial charge on any atom is -0.483 e. The van der Waals surface area contributed by atoms with Crippen LogP contribution in [0.1, 0.15) is 24.0 Å². The first-order valence-corrected chi connectivity index (χ1v) is 12.7. The lowest BCUT2D eigenvalue weighted by molar-refractivity contribution is -0.122. The van der Waals surface area contributed by atoms with Crippen molar-refractivity contribution in [1.29, 1.82) is 0 Å². The van der Waals surface area contributed by atoms with Crippen molar-refractivity contribution in [1.82, 2.24) is 24.6 Å². The molecule has 174 valence electrons. The molecular formula is C24H28BrN5O2S. The van der Waals surface area contributed by atoms with E-state index in [4.69, 9.17) is 9.90 Å². The number of aromatic nitrogens is 4. The molecule has 0 radical (unpaired) electrons. The Kier molecular flexibility index (Phi) is 7.51. The second-order valence-electron chi connectivity index (χ2n) is 8.72. The number of hydrogen-bond donors (Lipinski definition) is 1. The van der Waals surface area contributed by atoms with Gasteiger partial charge in [0.25, 0.3) is 6.47 Å². The van der Waals surface area contributed by atoms with Gasteiger partial charge in [0.05, 0.1) is 0 Å². The van der Waals surface area contributed by atoms with Crippen molar-refractivity contribution in [2.45, 2.75) is 30.3 Å². The molecule has 0 spiro atoms. The molecule has 1 aliphatic heterocycles. The number of carboxylic acid groups (broad SMARTS) is 1. The van der Waals surface area contributed by atoms with Gasteiger partial charge in [-0.15, -0.1) is 10.2 Å². The number of fused-ring (bicyclic) bond motifs is 1. The zero-order valence-electron chi connectivity index (χ0n) is 18.8. The number of aryl methyl sites for hydroxylation is 1. The Labute approximate surface area is 206 Å². The second kappa shape index (κ2) is 10.4. The van der Waals surface area contributed by atoms with Crippen molar-refractivity contribution in [2.24, 2.45) is 13.0 Å². The van der Waals surface area contributed by atoms with E-state index in [-0.39, 0.29) is 6.47 Å². The van der Waals surface area contributed by atoms with E-state index in [9.17, 15) is 0 Å². The number of benzene rings is 1. The molecule has 1 aliphatic carbocycles. The quantitative estimate of drug-likeness (QED) is 0.275. The van der Waals surface area contributed by atoms with Crippen LogP contribution in [0.4, 0.5) is 0 Å². The van der Waals surface area contributed by atoms with Crippen LogP contribution in [0, 0.1) is 12.8 Å². The largest absolute Gasteiger partial charge is 0.483 e. The summed E-state index contributed by atoms with van der Waals surface area (Å²) in [6.07, 6.45) is 6.24. The van der Waals surface area contributed by atoms with Crippen molar-refractivity contribution < 1.29 is 9.90 Å². The fourth-order valence-corrected chi connectivity index (χ4v) is 5.91. The molecule has 1 saturated heterocycles. The topological polar surface area (TPSA) is 84.1 Å². The first-order valence-electron chi connectivity index (χ1n) is 11.0. The van der Waals surface area contributed by atoms with Crippen LogP contribution in [0.15, 0.2) is 52.4 Å². The van der Waals surface area contributed by atoms with Gasteiger partial charge < -0.3 is 14.6 Å². The van der Waals surface area contributed by atoms with Crippen LogP contribution < -0.4 is 0 Å². The number of rotatable bonds is 7. The number of thioether (sulfide) groups is 1. The average Bonchev–Trinajstić information content (AvgIpc) is 3.17. The van der Waals surface area contributed by atoms with Crippen molar-refractivity contribution >= 4 is 34.2 Å². The Balaban J connectivity index is 0.000000821. The van der Waals surface area contributed by atoms with Crippen LogP contribution >= 0.6 is 27.7 Å². The average molecular weight is 530 g/mol. The molecule has 0 bridgehead atoms. The van der Waals surface area contributed by atoms with E-state index in [1.807, 2.05) is 26.4 Å². The van der Waals surface area contributed by atoms with Crippen LogP contribution in [0.3, 0.4) is 0 Å². The Bertz CT molecular complexity index is 1110. The molecule has 9 heteroatoms. The van der Waals surface area contributed by atoms with Gasteiger partial charge in [0.2, 0.25) is 0 Å². The van der Waals surface area contributed by atoms with E-state index in [1.165, 1.54) is 31.5 Å². The maximum atomic E-state index is 8.36. The molecule has 2 aromatic heterocycles. The SMILES string of the molecule is Cc1cncc(-c2nnc(SCCCN3C[C@@H]4C[C@]4(c4ccc(Br)cc4)C3)n2C)c1.O=CO. The minimum atomic E-state index is -0.250. The molecule has 1 N–H and O–H groups in total. The second-order valence-corrected chi connectivity index (χ2v) is 10.7. The Morgan fingerprint density at radius 2 is 2.03 bits per heavy atom. The number of carbonyl (C=O) groups is 1. The molecule has 1 saturated carbocycles. The molecule has 0 unspecified atom stereocenters. The Morgan fingerprint density at radius 3 is 2.76 bits per heavy atom. The number of likely N-dealkylation sites (tertiary alicyclic amines) is 1. The highest BCUT2D eigenvalue weighted by Gasteiger charge is 2.60. The van der Waals surface area contributed by atoms with Crippen LogP contribution in [0.5, 0.6) is 0 Å². The van der Waals surface area contributed by atoms with Crippen LogP contribution in [-0.2, 0) is 17.3 Å². The lowest BCUT2D eigenvalue weighted by atomic mass is 9.95. The molecule has 2 fully saturated rings. The summed E-state index contributed by atoms with van der Waals surface area (Å²) in [4.78, 5) is 15.3. The van der Waals surface area contributed by atoms with Crippen LogP contribution in [-0.4, -0.2) is 61.6 Å². The van der Waals surface area contributed by atoms with Crippen LogP contribution in [0.25, 0.3) is 11.4 Å². The molecule has 1 aromatic carbocycles. The molecule has 2 aliphatic rings. The van der Waals surface area contributed by atoms with E-state index in [2.05, 4.69) is 70.9 Å². The van der Waals surface area contributed by atoms with Gasteiger partial charge in [0.1, 0.15) is 0 Å². The number of nitrogens with zero attached hydrogens (tertiary/aromatic N) is 5. The third kappa shape index (κ3) is 5.31. The molecule has 33 heavy (non-hydrogen) atoms. The smallest absolute Gasteiger partial charge is 0.290 e. The standard InChI is InChI=1S/C23H26BrN5S.CH2O2/c1-16-10-17(13-25-12-16)21-26-27-22(28(21)2)30-9-3-8-29-14-19-11-23(19,15-29)18-4-6-20(24)7-5-18;2-1-3/h4-7,10,12-13,19H,3,8-9,11,14-15H2,1-2H3;1H,(H,2,3)/t19-,23+;/m0./s1. The predicted molar refractivity (Wildman–Crippen MR) is 133 cm³/mol. The van der Waals surface area contributed by atoms with E-state index in [1.54, 1.807) is 11.8 Å². The van der Waals surface area contributed by atoms with Crippen molar-refractivity contribution in [2.75, 3.05) is 25.4 Å². The highest BCUT2D eigenvalue weighted by atomic mass is 79.9. The summed E-state index contributed by atoms with van der Waals surface area (Å²) in [6, 6.07) is 11.1. The van der Waals surface area contributed by atoms with Gasteiger partial charge >= 0.3 is 0 Å². The summed E-state index contributed by atoms with van der Waals surface area (Å²) in [6.45, 7) is 5.41. The summed E-state index contributed by atoms with van der Waals surface area (Å²) in [5.41, 5.74) is 4.10. The summed E-state index contributed by atoms with van der Waals surface area (Å²) >= 11 is 5.35. The van der Waals surface area contributed by atoms with Crippen molar-refractivity contribution in [3.63, 3.8) is 0 Å². The summed E-state index contributed by atoms with van der Waals surface area (Å²) in [5, 5.41) is 16.6. The maximum absolute atomic E-state index is 8.36. The monoisotopic (exact) mass is 529 g/mol. The number of pyridine rings is 1. The third-order valence-electron chi connectivity index (χ3n) is 6.45. The zero-order chi connectivity index (χ0) is 23.4. The van der Waals surface area contributed by atoms with Gasteiger partial charge in [0.15, 0.2) is 11.0 Å². The molecule has 3 aromatic rings. The molecule has 2 atom stereocenters.